The minimum absolute atomic E-state index is 0.703. The molecule has 0 saturated heterocycles. The normalized spacial score (nSPS) is 17.2. The number of hydrogen-bond acceptors (Lipinski definition) is 2. The van der Waals surface area contributed by atoms with Crippen LogP contribution in [0.25, 0.3) is 10.9 Å². The molecule has 2 aromatic rings. The summed E-state index contributed by atoms with van der Waals surface area (Å²) < 4.78 is 7.34. The highest BCUT2D eigenvalue weighted by Crippen LogP contribution is 2.47. The van der Waals surface area contributed by atoms with E-state index in [1.165, 1.54) is 0 Å². The van der Waals surface area contributed by atoms with Crippen LogP contribution in [-0.4, -0.2) is 22.8 Å². The lowest BCUT2D eigenvalue weighted by Gasteiger charge is -2.37. The molecule has 4 heteroatoms. The molecule has 0 atom stereocenters. The molecule has 100 valence electrons. The lowest BCUT2D eigenvalue weighted by molar-refractivity contribution is -0.147. The SMILES string of the molecule is COc1cccc2c(C3(C(=O)O)CCC3)cn(C)c12. The molecular formula is C15H17NO3. The van der Waals surface area contributed by atoms with E-state index in [1.807, 2.05) is 36.0 Å². The standard InChI is InChI=1S/C15H17NO3/c1-16-9-11(15(14(17)18)7-4-8-15)10-5-3-6-12(19-2)13(10)16/h3,5-6,9H,4,7-8H2,1-2H3,(H,17,18). The van der Waals surface area contributed by atoms with Crippen LogP contribution in [0.3, 0.4) is 0 Å². The van der Waals surface area contributed by atoms with Crippen molar-refractivity contribution in [2.24, 2.45) is 7.05 Å². The summed E-state index contributed by atoms with van der Waals surface area (Å²) in [7, 11) is 3.57. The monoisotopic (exact) mass is 259 g/mol. The molecule has 0 bridgehead atoms. The summed E-state index contributed by atoms with van der Waals surface area (Å²) in [5, 5.41) is 10.6. The summed E-state index contributed by atoms with van der Waals surface area (Å²) in [6.45, 7) is 0. The fourth-order valence-electron chi connectivity index (χ4n) is 3.11. The largest absolute Gasteiger partial charge is 0.495 e. The third-order valence-electron chi connectivity index (χ3n) is 4.32. The number of aliphatic carboxylic acids is 1. The van der Waals surface area contributed by atoms with E-state index in [1.54, 1.807) is 7.11 Å². The second-order valence-corrected chi connectivity index (χ2v) is 5.25. The van der Waals surface area contributed by atoms with Gasteiger partial charge in [0.05, 0.1) is 18.0 Å². The maximum absolute atomic E-state index is 11.7. The number of methoxy groups -OCH3 is 1. The molecule has 0 aliphatic heterocycles. The van der Waals surface area contributed by atoms with Crippen LogP contribution < -0.4 is 4.74 Å². The topological polar surface area (TPSA) is 51.5 Å². The minimum Gasteiger partial charge on any atom is -0.495 e. The Labute approximate surface area is 111 Å². The average Bonchev–Trinajstić information content (AvgIpc) is 2.66. The molecule has 1 heterocycles. The van der Waals surface area contributed by atoms with Crippen molar-refractivity contribution in [3.63, 3.8) is 0 Å². The van der Waals surface area contributed by atoms with Crippen LogP contribution in [0.1, 0.15) is 24.8 Å². The second kappa shape index (κ2) is 4.02. The lowest BCUT2D eigenvalue weighted by atomic mass is 9.64. The first-order chi connectivity index (χ1) is 9.10. The van der Waals surface area contributed by atoms with E-state index >= 15 is 0 Å². The quantitative estimate of drug-likeness (QED) is 0.922. The van der Waals surface area contributed by atoms with Gasteiger partial charge in [0.25, 0.3) is 0 Å². The van der Waals surface area contributed by atoms with Crippen molar-refractivity contribution >= 4 is 16.9 Å². The highest BCUT2D eigenvalue weighted by molar-refractivity contribution is 5.95. The van der Waals surface area contributed by atoms with E-state index < -0.39 is 11.4 Å². The van der Waals surface area contributed by atoms with Crippen molar-refractivity contribution in [3.05, 3.63) is 30.0 Å². The third kappa shape index (κ3) is 1.49. The zero-order valence-electron chi connectivity index (χ0n) is 11.1. The highest BCUT2D eigenvalue weighted by atomic mass is 16.5. The third-order valence-corrected chi connectivity index (χ3v) is 4.32. The predicted octanol–water partition coefficient (Wildman–Crippen LogP) is 2.69. The van der Waals surface area contributed by atoms with E-state index in [0.29, 0.717) is 0 Å². The molecule has 19 heavy (non-hydrogen) atoms. The summed E-state index contributed by atoms with van der Waals surface area (Å²) in [6.07, 6.45) is 4.37. The van der Waals surface area contributed by atoms with Gasteiger partial charge in [-0.3, -0.25) is 4.79 Å². The summed E-state index contributed by atoms with van der Waals surface area (Å²) >= 11 is 0. The Morgan fingerprint density at radius 1 is 1.42 bits per heavy atom. The number of ether oxygens (including phenoxy) is 1. The van der Waals surface area contributed by atoms with Crippen molar-refractivity contribution in [1.82, 2.24) is 4.57 Å². The van der Waals surface area contributed by atoms with Crippen molar-refractivity contribution in [3.8, 4) is 5.75 Å². The van der Waals surface area contributed by atoms with Crippen LogP contribution in [0.4, 0.5) is 0 Å². The van der Waals surface area contributed by atoms with Gasteiger partial charge >= 0.3 is 5.97 Å². The molecule has 1 saturated carbocycles. The van der Waals surface area contributed by atoms with Crippen LogP contribution in [0.5, 0.6) is 5.75 Å². The van der Waals surface area contributed by atoms with E-state index in [-0.39, 0.29) is 0 Å². The molecule has 1 N–H and O–H groups in total. The average molecular weight is 259 g/mol. The van der Waals surface area contributed by atoms with Crippen molar-refractivity contribution < 1.29 is 14.6 Å². The van der Waals surface area contributed by atoms with Gasteiger partial charge in [-0.25, -0.2) is 0 Å². The molecule has 1 aliphatic rings. The van der Waals surface area contributed by atoms with Gasteiger partial charge in [-0.15, -0.1) is 0 Å². The van der Waals surface area contributed by atoms with Gasteiger partial charge < -0.3 is 14.4 Å². The van der Waals surface area contributed by atoms with Gasteiger partial charge in [0.15, 0.2) is 0 Å². The van der Waals surface area contributed by atoms with Crippen LogP contribution >= 0.6 is 0 Å². The Morgan fingerprint density at radius 3 is 2.68 bits per heavy atom. The zero-order valence-corrected chi connectivity index (χ0v) is 11.1. The smallest absolute Gasteiger partial charge is 0.314 e. The Morgan fingerprint density at radius 2 is 2.16 bits per heavy atom. The number of fused-ring (bicyclic) bond motifs is 1. The number of aromatic nitrogens is 1. The van der Waals surface area contributed by atoms with Crippen LogP contribution in [0.15, 0.2) is 24.4 Å². The number of benzene rings is 1. The Kier molecular flexibility index (Phi) is 2.55. The number of rotatable bonds is 3. The maximum Gasteiger partial charge on any atom is 0.314 e. The zero-order chi connectivity index (χ0) is 13.6. The first kappa shape index (κ1) is 12.1. The van der Waals surface area contributed by atoms with Crippen LogP contribution in [0.2, 0.25) is 0 Å². The fraction of sp³-hybridized carbons (Fsp3) is 0.400. The van der Waals surface area contributed by atoms with Gasteiger partial charge in [-0.05, 0) is 24.5 Å². The lowest BCUT2D eigenvalue weighted by Crippen LogP contribution is -2.42. The van der Waals surface area contributed by atoms with Crippen LogP contribution in [-0.2, 0) is 17.3 Å². The van der Waals surface area contributed by atoms with Gasteiger partial charge in [0.2, 0.25) is 0 Å². The first-order valence-electron chi connectivity index (χ1n) is 6.46. The number of carbonyl (C=O) groups is 1. The minimum atomic E-state index is -0.714. The Balaban J connectivity index is 2.29. The number of nitrogens with zero attached hydrogens (tertiary/aromatic N) is 1. The fourth-order valence-corrected chi connectivity index (χ4v) is 3.11. The number of para-hydroxylation sites is 1. The van der Waals surface area contributed by atoms with Crippen molar-refractivity contribution in [2.75, 3.05) is 7.11 Å². The molecule has 1 aromatic carbocycles. The maximum atomic E-state index is 11.7. The van der Waals surface area contributed by atoms with E-state index in [4.69, 9.17) is 4.74 Å². The molecule has 1 aliphatic carbocycles. The van der Waals surface area contributed by atoms with Gasteiger partial charge in [-0.2, -0.15) is 0 Å². The van der Waals surface area contributed by atoms with E-state index in [9.17, 15) is 9.90 Å². The molecule has 3 rings (SSSR count). The molecule has 1 aromatic heterocycles. The molecule has 0 unspecified atom stereocenters. The van der Waals surface area contributed by atoms with E-state index in [2.05, 4.69) is 0 Å². The molecule has 0 spiro atoms. The number of hydrogen-bond donors (Lipinski definition) is 1. The Hall–Kier alpha value is -1.97. The first-order valence-corrected chi connectivity index (χ1v) is 6.46. The van der Waals surface area contributed by atoms with E-state index in [0.717, 1.165) is 41.5 Å². The molecular weight excluding hydrogens is 242 g/mol. The van der Waals surface area contributed by atoms with Gasteiger partial charge in [-0.1, -0.05) is 18.6 Å². The highest BCUT2D eigenvalue weighted by Gasteiger charge is 2.47. The summed E-state index contributed by atoms with van der Waals surface area (Å²) in [5.41, 5.74) is 1.18. The van der Waals surface area contributed by atoms with Gasteiger partial charge in [0, 0.05) is 18.6 Å². The predicted molar refractivity (Wildman–Crippen MR) is 72.6 cm³/mol. The number of carboxylic acid groups (broad SMARTS) is 1. The van der Waals surface area contributed by atoms with Crippen molar-refractivity contribution in [2.45, 2.75) is 24.7 Å². The summed E-state index contributed by atoms with van der Waals surface area (Å²) in [4.78, 5) is 11.7. The summed E-state index contributed by atoms with van der Waals surface area (Å²) in [5.74, 6) is 0.0696. The molecule has 0 amide bonds. The Bertz CT molecular complexity index is 653. The molecule has 1 fully saturated rings. The second-order valence-electron chi connectivity index (χ2n) is 5.25. The molecule has 0 radical (unpaired) electrons. The summed E-state index contributed by atoms with van der Waals surface area (Å²) in [6, 6.07) is 5.80. The van der Waals surface area contributed by atoms with Crippen LogP contribution in [0, 0.1) is 0 Å². The number of aryl methyl sites for hydroxylation is 1. The number of carboxylic acids is 1. The van der Waals surface area contributed by atoms with Crippen molar-refractivity contribution in [1.29, 1.82) is 0 Å². The molecule has 4 nitrogen and oxygen atoms in total. The van der Waals surface area contributed by atoms with Gasteiger partial charge in [0.1, 0.15) is 5.75 Å².